The molecule has 1 heterocycles. The Labute approximate surface area is 120 Å². The first kappa shape index (κ1) is 14.5. The number of carbonyl (C=O) groups excluding carboxylic acids is 1. The lowest BCUT2D eigenvalue weighted by molar-refractivity contribution is -0.255. The zero-order valence-electron chi connectivity index (χ0n) is 10.1. The molecule has 104 valence electrons. The molecule has 0 radical (unpaired) electrons. The van der Waals surface area contributed by atoms with Crippen LogP contribution >= 0.6 is 15.9 Å². The largest absolute Gasteiger partial charge is 0.545 e. The third-order valence-electron chi connectivity index (χ3n) is 3.11. The van der Waals surface area contributed by atoms with Crippen LogP contribution in [-0.2, 0) is 10.0 Å². The number of carboxylic acids is 1. The van der Waals surface area contributed by atoms with Crippen LogP contribution in [0.15, 0.2) is 27.6 Å². The van der Waals surface area contributed by atoms with Crippen LogP contribution in [0.5, 0.6) is 0 Å². The fourth-order valence-corrected chi connectivity index (χ4v) is 4.03. The molecule has 1 aliphatic heterocycles. The highest BCUT2D eigenvalue weighted by Gasteiger charge is 2.26. The van der Waals surface area contributed by atoms with Gasteiger partial charge in [0.15, 0.2) is 0 Å². The van der Waals surface area contributed by atoms with Gasteiger partial charge in [0.2, 0.25) is 10.0 Å². The van der Waals surface area contributed by atoms with E-state index in [0.717, 1.165) is 25.3 Å². The van der Waals surface area contributed by atoms with Crippen molar-refractivity contribution in [3.8, 4) is 0 Å². The van der Waals surface area contributed by atoms with Gasteiger partial charge in [-0.15, -0.1) is 0 Å². The van der Waals surface area contributed by atoms with E-state index in [1.54, 1.807) is 0 Å². The molecule has 2 rings (SSSR count). The second-order valence-corrected chi connectivity index (χ2v) is 7.19. The number of sulfonamides is 1. The Morgan fingerprint density at radius 3 is 2.42 bits per heavy atom. The quantitative estimate of drug-likeness (QED) is 0.817. The van der Waals surface area contributed by atoms with E-state index >= 15 is 0 Å². The Hall–Kier alpha value is -0.920. The van der Waals surface area contributed by atoms with Crippen LogP contribution in [0.2, 0.25) is 0 Å². The maximum Gasteiger partial charge on any atom is 0.243 e. The number of nitrogens with zero attached hydrogens (tertiary/aromatic N) is 1. The third-order valence-corrected chi connectivity index (χ3v) is 5.70. The van der Waals surface area contributed by atoms with Crippen LogP contribution in [0.4, 0.5) is 0 Å². The van der Waals surface area contributed by atoms with Crippen LogP contribution in [0.1, 0.15) is 29.6 Å². The molecule has 5 nitrogen and oxygen atoms in total. The molecule has 0 spiro atoms. The van der Waals surface area contributed by atoms with E-state index in [1.807, 2.05) is 0 Å². The van der Waals surface area contributed by atoms with Gasteiger partial charge in [0, 0.05) is 23.1 Å². The normalized spacial score (nSPS) is 17.3. The summed E-state index contributed by atoms with van der Waals surface area (Å²) < 4.78 is 26.5. The van der Waals surface area contributed by atoms with E-state index in [2.05, 4.69) is 15.9 Å². The van der Waals surface area contributed by atoms with Crippen LogP contribution in [0.3, 0.4) is 0 Å². The van der Waals surface area contributed by atoms with E-state index in [1.165, 1.54) is 16.4 Å². The second kappa shape index (κ2) is 5.60. The summed E-state index contributed by atoms with van der Waals surface area (Å²) in [5.41, 5.74) is -0.155. The summed E-state index contributed by atoms with van der Waals surface area (Å²) in [7, 11) is -3.61. The minimum atomic E-state index is -3.61. The van der Waals surface area contributed by atoms with Crippen molar-refractivity contribution in [2.24, 2.45) is 0 Å². The van der Waals surface area contributed by atoms with Gasteiger partial charge in [0.1, 0.15) is 0 Å². The first-order valence-electron chi connectivity index (χ1n) is 5.94. The maximum atomic E-state index is 12.4. The van der Waals surface area contributed by atoms with Gasteiger partial charge in [0.05, 0.1) is 10.9 Å². The van der Waals surface area contributed by atoms with Gasteiger partial charge < -0.3 is 9.90 Å². The van der Waals surface area contributed by atoms with Crippen LogP contribution in [0.25, 0.3) is 0 Å². The predicted molar refractivity (Wildman–Crippen MR) is 71.1 cm³/mol. The number of carboxylic acid groups (broad SMARTS) is 1. The molecule has 19 heavy (non-hydrogen) atoms. The Bertz CT molecular complexity index is 594. The molecular weight excluding hydrogens is 334 g/mol. The fraction of sp³-hybridized carbons (Fsp3) is 0.417. The first-order chi connectivity index (χ1) is 8.93. The number of rotatable bonds is 3. The highest BCUT2D eigenvalue weighted by Crippen LogP contribution is 2.24. The standard InChI is InChI=1S/C12H14BrNO4S/c13-11-5-4-9(8-10(11)12(15)16)19(17,18)14-6-2-1-3-7-14/h4-5,8H,1-3,6-7H2,(H,15,16)/p-1. The SMILES string of the molecule is O=C([O-])c1cc(S(=O)(=O)N2CCCCC2)ccc1Br. The van der Waals surface area contributed by atoms with Gasteiger partial charge in [-0.25, -0.2) is 8.42 Å². The molecular formula is C12H13BrNO4S-. The van der Waals surface area contributed by atoms with Crippen LogP contribution in [0, 0.1) is 0 Å². The number of piperidine rings is 1. The zero-order valence-corrected chi connectivity index (χ0v) is 12.5. The van der Waals surface area contributed by atoms with Gasteiger partial charge in [-0.1, -0.05) is 22.4 Å². The Morgan fingerprint density at radius 2 is 1.84 bits per heavy atom. The summed E-state index contributed by atoms with van der Waals surface area (Å²) in [5.74, 6) is -1.40. The van der Waals surface area contributed by atoms with Crippen molar-refractivity contribution in [2.45, 2.75) is 24.2 Å². The summed E-state index contributed by atoms with van der Waals surface area (Å²) in [5, 5.41) is 10.9. The first-order valence-corrected chi connectivity index (χ1v) is 8.17. The smallest absolute Gasteiger partial charge is 0.243 e. The highest BCUT2D eigenvalue weighted by molar-refractivity contribution is 9.10. The Balaban J connectivity index is 2.40. The van der Waals surface area contributed by atoms with Crippen molar-refractivity contribution in [2.75, 3.05) is 13.1 Å². The second-order valence-electron chi connectivity index (χ2n) is 4.39. The van der Waals surface area contributed by atoms with Gasteiger partial charge >= 0.3 is 0 Å². The number of hydrogen-bond donors (Lipinski definition) is 0. The average Bonchev–Trinajstić information content (AvgIpc) is 2.39. The molecule has 1 aromatic carbocycles. The zero-order chi connectivity index (χ0) is 14.0. The number of benzene rings is 1. The third kappa shape index (κ3) is 2.98. The highest BCUT2D eigenvalue weighted by atomic mass is 79.9. The molecule has 0 saturated carbocycles. The summed E-state index contributed by atoms with van der Waals surface area (Å²) in [6.07, 6.45) is 2.70. The summed E-state index contributed by atoms with van der Waals surface area (Å²) >= 11 is 3.06. The van der Waals surface area contributed by atoms with Crippen LogP contribution in [-0.4, -0.2) is 31.8 Å². The Kier molecular flexibility index (Phi) is 4.27. The minimum Gasteiger partial charge on any atom is -0.545 e. The van der Waals surface area contributed by atoms with Crippen molar-refractivity contribution < 1.29 is 18.3 Å². The van der Waals surface area contributed by atoms with E-state index in [4.69, 9.17) is 0 Å². The molecule has 1 aliphatic rings. The van der Waals surface area contributed by atoms with Gasteiger partial charge in [-0.05, 0) is 31.0 Å². The maximum absolute atomic E-state index is 12.4. The van der Waals surface area contributed by atoms with Gasteiger partial charge in [-0.3, -0.25) is 0 Å². The molecule has 0 atom stereocenters. The van der Waals surface area contributed by atoms with E-state index < -0.39 is 16.0 Å². The summed E-state index contributed by atoms with van der Waals surface area (Å²) in [6.45, 7) is 0.970. The monoisotopic (exact) mass is 346 g/mol. The van der Waals surface area contributed by atoms with Crippen molar-refractivity contribution in [3.05, 3.63) is 28.2 Å². The van der Waals surface area contributed by atoms with E-state index in [-0.39, 0.29) is 10.5 Å². The van der Waals surface area contributed by atoms with Crippen molar-refractivity contribution >= 4 is 31.9 Å². The van der Waals surface area contributed by atoms with Gasteiger partial charge in [-0.2, -0.15) is 4.31 Å². The molecule has 0 bridgehead atoms. The molecule has 0 aliphatic carbocycles. The molecule has 0 amide bonds. The molecule has 0 unspecified atom stereocenters. The average molecular weight is 347 g/mol. The molecule has 1 fully saturated rings. The summed E-state index contributed by atoms with van der Waals surface area (Å²) in [4.78, 5) is 10.9. The van der Waals surface area contributed by atoms with Crippen molar-refractivity contribution in [1.82, 2.24) is 4.31 Å². The lowest BCUT2D eigenvalue weighted by Crippen LogP contribution is -2.35. The predicted octanol–water partition coefficient (Wildman–Crippen LogP) is 0.987. The van der Waals surface area contributed by atoms with E-state index in [0.29, 0.717) is 17.6 Å². The molecule has 0 aromatic heterocycles. The number of hydrogen-bond acceptors (Lipinski definition) is 4. The number of carbonyl (C=O) groups is 1. The molecule has 0 N–H and O–H groups in total. The summed E-state index contributed by atoms with van der Waals surface area (Å²) in [6, 6.07) is 3.96. The Morgan fingerprint density at radius 1 is 1.21 bits per heavy atom. The fourth-order valence-electron chi connectivity index (χ4n) is 2.08. The lowest BCUT2D eigenvalue weighted by atomic mass is 10.2. The molecule has 1 aromatic rings. The van der Waals surface area contributed by atoms with E-state index in [9.17, 15) is 18.3 Å². The topological polar surface area (TPSA) is 77.5 Å². The lowest BCUT2D eigenvalue weighted by Gasteiger charge is -2.26. The van der Waals surface area contributed by atoms with Gasteiger partial charge in [0.25, 0.3) is 0 Å². The molecule has 1 saturated heterocycles. The van der Waals surface area contributed by atoms with Crippen LogP contribution < -0.4 is 5.11 Å². The molecule has 7 heteroatoms. The number of halogens is 1. The minimum absolute atomic E-state index is 0.00296. The number of aromatic carboxylic acids is 1. The van der Waals surface area contributed by atoms with Crippen molar-refractivity contribution in [1.29, 1.82) is 0 Å². The van der Waals surface area contributed by atoms with Crippen molar-refractivity contribution in [3.63, 3.8) is 0 Å².